The van der Waals surface area contributed by atoms with Gasteiger partial charge in [0.2, 0.25) is 0 Å². The van der Waals surface area contributed by atoms with E-state index in [4.69, 9.17) is 37.0 Å². The van der Waals surface area contributed by atoms with Crippen molar-refractivity contribution in [3.63, 3.8) is 0 Å². The van der Waals surface area contributed by atoms with Gasteiger partial charge in [-0.3, -0.25) is 37.3 Å². The van der Waals surface area contributed by atoms with Gasteiger partial charge in [-0.05, 0) is 31.6 Å². The summed E-state index contributed by atoms with van der Waals surface area (Å²) in [4.78, 5) is 72.1. The van der Waals surface area contributed by atoms with Gasteiger partial charge in [0.1, 0.15) is 19.3 Å². The average molecular weight is 1310 g/mol. The van der Waals surface area contributed by atoms with Gasteiger partial charge in [-0.1, -0.05) is 311 Å². The Morgan fingerprint density at radius 3 is 0.764 bits per heavy atom. The second-order valence-corrected chi connectivity index (χ2v) is 28.7. The fourth-order valence-electron chi connectivity index (χ4n) is 10.6. The van der Waals surface area contributed by atoms with Crippen LogP contribution in [0.15, 0.2) is 0 Å². The van der Waals surface area contributed by atoms with Crippen molar-refractivity contribution in [3.05, 3.63) is 0 Å². The van der Waals surface area contributed by atoms with Crippen LogP contribution in [-0.4, -0.2) is 96.7 Å². The van der Waals surface area contributed by atoms with E-state index in [-0.39, 0.29) is 25.7 Å². The molecule has 0 aliphatic heterocycles. The molecule has 0 aromatic carbocycles. The number of aliphatic hydroxyl groups is 1. The summed E-state index contributed by atoms with van der Waals surface area (Å²) in [5, 5.41) is 10.5. The molecule has 0 aliphatic carbocycles. The molecule has 0 fully saturated rings. The highest BCUT2D eigenvalue weighted by atomic mass is 31.2. The minimum absolute atomic E-state index is 0.103. The van der Waals surface area contributed by atoms with Crippen LogP contribution in [0.4, 0.5) is 0 Å². The number of hydrogen-bond acceptors (Lipinski definition) is 15. The molecule has 528 valence electrons. The van der Waals surface area contributed by atoms with Crippen LogP contribution >= 0.6 is 15.6 Å². The molecule has 0 rings (SSSR count). The van der Waals surface area contributed by atoms with Crippen LogP contribution in [0.5, 0.6) is 0 Å². The van der Waals surface area contributed by atoms with Crippen LogP contribution < -0.4 is 0 Å². The molecule has 19 heteroatoms. The Hall–Kier alpha value is -1.94. The Morgan fingerprint density at radius 2 is 0.517 bits per heavy atom. The Balaban J connectivity index is 5.09. The molecule has 89 heavy (non-hydrogen) atoms. The predicted octanol–water partition coefficient (Wildman–Crippen LogP) is 20.1. The van der Waals surface area contributed by atoms with Gasteiger partial charge in [0.05, 0.1) is 26.4 Å². The van der Waals surface area contributed by atoms with E-state index in [0.717, 1.165) is 115 Å². The fourth-order valence-corrected chi connectivity index (χ4v) is 12.2. The van der Waals surface area contributed by atoms with Crippen LogP contribution in [0.25, 0.3) is 0 Å². The molecular formula is C70H136O17P2. The molecule has 0 amide bonds. The Morgan fingerprint density at radius 1 is 0.303 bits per heavy atom. The number of carbonyl (C=O) groups is 4. The summed E-state index contributed by atoms with van der Waals surface area (Å²) in [7, 11) is -9.88. The second-order valence-electron chi connectivity index (χ2n) is 25.7. The standard InChI is InChI=1S/C70H136O17P2/c1-6-9-12-15-17-18-19-20-21-22-23-24-25-26-31-34-37-41-46-51-56-70(75)87-66(60-81-68(73)54-49-44-40-36-33-30-28-27-29-32-35-39-43-47-52-63(4)5)62-85-89(78,79)83-58-64(71)57-82-88(76,77)84-61-65(59-80-67(72)53-48-42-14-11-8-3)86-69(74)55-50-45-38-16-13-10-7-2/h63-66,71H,6-62H2,1-5H3,(H,76,77)(H,78,79)/t64-,65+,66+/m0/s1. The molecule has 3 N–H and O–H groups in total. The highest BCUT2D eigenvalue weighted by molar-refractivity contribution is 7.47. The number of carbonyl (C=O) groups excluding carboxylic acids is 4. The Kier molecular flexibility index (Phi) is 62.1. The zero-order valence-electron chi connectivity index (χ0n) is 57.6. The number of esters is 4. The maximum atomic E-state index is 13.0. The van der Waals surface area contributed by atoms with Crippen molar-refractivity contribution in [2.24, 2.45) is 5.92 Å². The lowest BCUT2D eigenvalue weighted by Gasteiger charge is -2.21. The minimum atomic E-state index is -4.95. The highest BCUT2D eigenvalue weighted by Crippen LogP contribution is 2.45. The lowest BCUT2D eigenvalue weighted by molar-refractivity contribution is -0.161. The molecule has 0 bridgehead atoms. The fraction of sp³-hybridized carbons (Fsp3) is 0.943. The van der Waals surface area contributed by atoms with Crippen molar-refractivity contribution in [1.29, 1.82) is 0 Å². The number of phosphoric acid groups is 2. The number of aliphatic hydroxyl groups excluding tert-OH is 1. The quantitative estimate of drug-likeness (QED) is 0.0222. The number of ether oxygens (including phenoxy) is 4. The van der Waals surface area contributed by atoms with E-state index < -0.39 is 97.5 Å². The lowest BCUT2D eigenvalue weighted by atomic mass is 10.0. The molecule has 0 radical (unpaired) electrons. The van der Waals surface area contributed by atoms with E-state index >= 15 is 0 Å². The van der Waals surface area contributed by atoms with Gasteiger partial charge in [-0.25, -0.2) is 9.13 Å². The third-order valence-corrected chi connectivity index (χ3v) is 18.2. The summed E-state index contributed by atoms with van der Waals surface area (Å²) in [6.45, 7) is 7.13. The first kappa shape index (κ1) is 87.1. The normalized spacial score (nSPS) is 14.1. The summed E-state index contributed by atoms with van der Waals surface area (Å²) in [5.41, 5.74) is 0. The first-order chi connectivity index (χ1) is 43.0. The Bertz CT molecular complexity index is 1720. The summed E-state index contributed by atoms with van der Waals surface area (Å²) in [5.74, 6) is -1.34. The van der Waals surface area contributed by atoms with Crippen molar-refractivity contribution in [1.82, 2.24) is 0 Å². The van der Waals surface area contributed by atoms with Crippen LogP contribution in [0.3, 0.4) is 0 Å². The summed E-state index contributed by atoms with van der Waals surface area (Å²) in [6.07, 6.45) is 50.7. The first-order valence-corrected chi connectivity index (χ1v) is 39.6. The molecule has 17 nitrogen and oxygen atoms in total. The van der Waals surface area contributed by atoms with Gasteiger partial charge < -0.3 is 33.8 Å². The van der Waals surface area contributed by atoms with Crippen molar-refractivity contribution >= 4 is 39.5 Å². The smallest absolute Gasteiger partial charge is 0.462 e. The molecule has 2 unspecified atom stereocenters. The van der Waals surface area contributed by atoms with Gasteiger partial charge in [0.25, 0.3) is 0 Å². The van der Waals surface area contributed by atoms with Gasteiger partial charge in [-0.15, -0.1) is 0 Å². The molecule has 0 aromatic rings. The third kappa shape index (κ3) is 64.6. The number of rotatable bonds is 70. The second kappa shape index (κ2) is 63.5. The average Bonchev–Trinajstić information content (AvgIpc) is 3.56. The van der Waals surface area contributed by atoms with Gasteiger partial charge in [0.15, 0.2) is 12.2 Å². The van der Waals surface area contributed by atoms with Gasteiger partial charge in [0, 0.05) is 25.7 Å². The van der Waals surface area contributed by atoms with Crippen molar-refractivity contribution < 1.29 is 80.2 Å². The van der Waals surface area contributed by atoms with E-state index in [2.05, 4.69) is 34.6 Å². The maximum absolute atomic E-state index is 13.0. The monoisotopic (exact) mass is 1310 g/mol. The van der Waals surface area contributed by atoms with Crippen molar-refractivity contribution in [3.8, 4) is 0 Å². The number of hydrogen-bond donors (Lipinski definition) is 3. The van der Waals surface area contributed by atoms with Crippen LogP contribution in [0.1, 0.15) is 362 Å². The van der Waals surface area contributed by atoms with E-state index in [0.29, 0.717) is 25.7 Å². The van der Waals surface area contributed by atoms with E-state index in [9.17, 15) is 43.2 Å². The first-order valence-electron chi connectivity index (χ1n) is 36.6. The zero-order valence-corrected chi connectivity index (χ0v) is 59.4. The number of phosphoric ester groups is 2. The van der Waals surface area contributed by atoms with Crippen LogP contribution in [-0.2, 0) is 65.4 Å². The largest absolute Gasteiger partial charge is 0.472 e. The van der Waals surface area contributed by atoms with Crippen LogP contribution in [0.2, 0.25) is 0 Å². The highest BCUT2D eigenvalue weighted by Gasteiger charge is 2.30. The topological polar surface area (TPSA) is 237 Å². The Labute approximate surface area is 543 Å². The van der Waals surface area contributed by atoms with Gasteiger partial charge in [-0.2, -0.15) is 0 Å². The van der Waals surface area contributed by atoms with Crippen molar-refractivity contribution in [2.45, 2.75) is 380 Å². The molecule has 0 spiro atoms. The molecule has 0 saturated carbocycles. The lowest BCUT2D eigenvalue weighted by Crippen LogP contribution is -2.30. The summed E-state index contributed by atoms with van der Waals surface area (Å²) >= 11 is 0. The third-order valence-electron chi connectivity index (χ3n) is 16.3. The maximum Gasteiger partial charge on any atom is 0.472 e. The molecule has 0 saturated heterocycles. The SMILES string of the molecule is CCCCCCCCCCCCCCCCCCCCCCC(=O)O[C@H](COC(=O)CCCCCCCCCCCCCCCCC(C)C)COP(=O)(O)OC[C@@H](O)COP(=O)(O)OC[C@@H](COC(=O)CCCCCCC)OC(=O)CCCCCCCCC. The van der Waals surface area contributed by atoms with Gasteiger partial charge >= 0.3 is 39.5 Å². The van der Waals surface area contributed by atoms with Crippen molar-refractivity contribution in [2.75, 3.05) is 39.6 Å². The summed E-state index contributed by atoms with van der Waals surface area (Å²) < 4.78 is 67.9. The number of unbranched alkanes of at least 4 members (excludes halogenated alkanes) is 42. The molecular weight excluding hydrogens is 1170 g/mol. The summed E-state index contributed by atoms with van der Waals surface area (Å²) in [6, 6.07) is 0. The predicted molar refractivity (Wildman–Crippen MR) is 358 cm³/mol. The minimum Gasteiger partial charge on any atom is -0.462 e. The molecule has 0 heterocycles. The van der Waals surface area contributed by atoms with E-state index in [1.165, 1.54) is 167 Å². The van der Waals surface area contributed by atoms with E-state index in [1.807, 2.05) is 0 Å². The zero-order chi connectivity index (χ0) is 65.6. The van der Waals surface area contributed by atoms with Crippen LogP contribution in [0, 0.1) is 5.92 Å². The van der Waals surface area contributed by atoms with E-state index in [1.54, 1.807) is 0 Å². The molecule has 0 aromatic heterocycles. The molecule has 0 aliphatic rings. The molecule has 5 atom stereocenters.